The summed E-state index contributed by atoms with van der Waals surface area (Å²) in [4.78, 5) is 208. The molecule has 0 aliphatic heterocycles. The van der Waals surface area contributed by atoms with E-state index in [1.165, 1.54) is 83.3 Å². The van der Waals surface area contributed by atoms with Gasteiger partial charge in [-0.1, -0.05) is 6.07 Å². The van der Waals surface area contributed by atoms with Crippen LogP contribution in [-0.4, -0.2) is 213 Å². The first-order chi connectivity index (χ1) is 64.0. The summed E-state index contributed by atoms with van der Waals surface area (Å²) in [6.07, 6.45) is -0.194. The zero-order valence-corrected chi connectivity index (χ0v) is 80.0. The fraction of sp³-hybridized carbons (Fsp3) is 0.179. The van der Waals surface area contributed by atoms with Crippen molar-refractivity contribution in [1.29, 1.82) is 0 Å². The van der Waals surface area contributed by atoms with Gasteiger partial charge in [0.15, 0.2) is 54.7 Å². The van der Waals surface area contributed by atoms with E-state index in [0.717, 1.165) is 12.1 Å². The number of carboxylic acids is 1. The van der Waals surface area contributed by atoms with Crippen LogP contribution < -0.4 is 0 Å². The summed E-state index contributed by atoms with van der Waals surface area (Å²) in [6, 6.07) is 12.7. The van der Waals surface area contributed by atoms with Gasteiger partial charge in [0.2, 0.25) is 0 Å². The smallest absolute Gasteiger partial charge is 0.469 e. The lowest BCUT2D eigenvalue weighted by Gasteiger charge is -2.12. The number of pyridine rings is 5. The molecule has 5 heterocycles. The van der Waals surface area contributed by atoms with Gasteiger partial charge in [-0.3, -0.25) is 79.0 Å². The number of aromatic nitrogens is 5. The van der Waals surface area contributed by atoms with E-state index in [0.29, 0.717) is 30.6 Å². The number of azo groups is 4. The maximum Gasteiger partial charge on any atom is 0.469 e. The fourth-order valence-corrected chi connectivity index (χ4v) is 16.1. The molecular weight excluding hydrogens is 2120 g/mol. The molecule has 9 rings (SSSR count). The van der Waals surface area contributed by atoms with Crippen LogP contribution in [0.25, 0.3) is 0 Å². The minimum atomic E-state index is -5.06. The van der Waals surface area contributed by atoms with E-state index < -0.39 is 245 Å². The second-order valence-corrected chi connectivity index (χ2v) is 42.6. The van der Waals surface area contributed by atoms with E-state index >= 15 is 0 Å². The van der Waals surface area contributed by atoms with Crippen molar-refractivity contribution in [3.05, 3.63) is 186 Å². The summed E-state index contributed by atoms with van der Waals surface area (Å²) < 4.78 is 223. The van der Waals surface area contributed by atoms with Gasteiger partial charge in [0.1, 0.15) is 49.9 Å². The van der Waals surface area contributed by atoms with Crippen molar-refractivity contribution >= 4 is 178 Å². The van der Waals surface area contributed by atoms with Crippen molar-refractivity contribution in [2.45, 2.75) is 99.1 Å². The van der Waals surface area contributed by atoms with Crippen molar-refractivity contribution in [3.8, 4) is 28.7 Å². The molecule has 0 saturated heterocycles. The Kier molecular flexibility index (Phi) is 41.0. The highest BCUT2D eigenvalue weighted by Gasteiger charge is 2.31. The summed E-state index contributed by atoms with van der Waals surface area (Å²) in [6.45, 7) is 3.50. The average Bonchev–Trinajstić information content (AvgIpc) is 0.688. The predicted molar refractivity (Wildman–Crippen MR) is 463 cm³/mol. The molecule has 73 heteroatoms. The summed E-state index contributed by atoms with van der Waals surface area (Å²) >= 11 is 0. The van der Waals surface area contributed by atoms with Gasteiger partial charge in [-0.25, -0.2) is 43.0 Å². The van der Waals surface area contributed by atoms with E-state index in [-0.39, 0.29) is 121 Å². The third kappa shape index (κ3) is 37.4. The summed E-state index contributed by atoms with van der Waals surface area (Å²) in [5.41, 5.74) is -4.42. The fourth-order valence-electron chi connectivity index (χ4n) is 10.5. The molecule has 0 spiro atoms. The van der Waals surface area contributed by atoms with Crippen LogP contribution in [0, 0.1) is 34.6 Å². The SMILES string of the molecule is Cc1nc(N=Nc2cc(CP(=O)(O)O)cc(CP(=O)(O)O)c2)c(CP(=O)(O)O)c(C=O)c1O.Cc1nc(N=Nc2cc(S(=O)(=O)O)ccc2S(=O)(=O)O)c(COP(=O)(O)O)c(C=O)c1O.Cc1nc(N=Nc2ccc(C(=O)O)cc2)c(COP(=O)(O)O)c(C=O)c1O.Cc1nc(N=Nc2ccc(S(=O)(=O)O)cc2S(=O)(=O)O)c(COP(=O)(O)O)c(C=O)c1O.Cc1ncc(COP(=O)(O)O)c(C=O)c1O. The van der Waals surface area contributed by atoms with Gasteiger partial charge in [0.25, 0.3) is 40.5 Å². The van der Waals surface area contributed by atoms with Crippen LogP contribution in [0.5, 0.6) is 28.7 Å². The number of hydrogen-bond acceptors (Lipinski definition) is 43. The number of phosphoric acid groups is 4. The highest BCUT2D eigenvalue weighted by Crippen LogP contribution is 2.49. The number of hydrogen-bond donors (Lipinski definition) is 24. The van der Waals surface area contributed by atoms with Crippen LogP contribution in [0.2, 0.25) is 0 Å². The quantitative estimate of drug-likeness (QED) is 0.00758. The van der Waals surface area contributed by atoms with Gasteiger partial charge in [-0.05, 0) is 119 Å². The Morgan fingerprint density at radius 1 is 0.343 bits per heavy atom. The van der Waals surface area contributed by atoms with E-state index in [1.807, 2.05) is 0 Å². The van der Waals surface area contributed by atoms with Gasteiger partial charge in [0.05, 0.1) is 128 Å². The Hall–Kier alpha value is -11.6. The van der Waals surface area contributed by atoms with E-state index in [9.17, 15) is 158 Å². The lowest BCUT2D eigenvalue weighted by molar-refractivity contribution is 0.0695. The van der Waals surface area contributed by atoms with Crippen molar-refractivity contribution in [2.24, 2.45) is 40.9 Å². The topological polar surface area (TPSA) is 1040 Å². The lowest BCUT2D eigenvalue weighted by Crippen LogP contribution is -2.03. The number of phosphoric ester groups is 4. The number of nitrogens with zero attached hydrogens (tertiary/aromatic N) is 13. The zero-order chi connectivity index (χ0) is 107. The molecule has 140 heavy (non-hydrogen) atoms. The standard InChI is InChI=1S/C16H20N3O11P3.C15H14N3O8P.2C14H14N3O12PS2.C8H10NO6P/c1-9-15(21)13(5-20)14(8-33(28,29)30)16(17-9)19-18-12-3-10(6-31(22,23)24)2-11(4-12)7-32(25,26)27;1-8-13(20)11(6-19)12(7-26-27(23,24)25)14(16-8)18-17-10-4-2-9(3-5-10)15(21)22;1-7-13(19)9(5-18)10(6-29-30(20,21)22)14(15-7)17-16-11-4-8(31(23,24)25)2-3-12(11)32(26,27)28;1-7-13(19)9(5-18)10(6-29-30(20,21)22)14(15-7)17-16-11-3-2-8(31(23,24)25)4-12(11)32(26,27)28;1-5-8(11)7(3-10)6(2-9-5)4-15-16(12,13)14/h2-5,21H,6-8H2,1H3,(H2,22,23,24)(H2,25,26,27)(H2,28,29,30);2-6,20H,7H2,1H3,(H,21,22)(H2,23,24,25);2*2-5,19H,6H2,1H3,(H2,20,21,22)(H,23,24,25)(H,26,27,28);2-3,11H,4H2,1H3,(H2,12,13,14). The maximum atomic E-state index is 11.6. The normalized spacial score (nSPS) is 12.5. The highest BCUT2D eigenvalue weighted by atomic mass is 32.2. The molecule has 0 unspecified atom stereocenters. The third-order valence-corrected chi connectivity index (χ3v) is 24.3. The molecule has 0 aliphatic rings. The molecule has 0 atom stereocenters. The largest absolute Gasteiger partial charge is 0.505 e. The molecule has 758 valence electrons. The van der Waals surface area contributed by atoms with E-state index in [2.05, 4.69) is 83.9 Å². The number of benzene rings is 4. The van der Waals surface area contributed by atoms with Gasteiger partial charge in [-0.2, -0.15) is 33.7 Å². The number of carbonyl (C=O) groups excluding carboxylic acids is 5. The Balaban J connectivity index is 0.000000313. The molecule has 5 aromatic heterocycles. The van der Waals surface area contributed by atoms with E-state index in [4.69, 9.17) is 53.4 Å². The number of carbonyl (C=O) groups is 6. The van der Waals surface area contributed by atoms with Crippen molar-refractivity contribution in [1.82, 2.24) is 24.9 Å². The number of aryl methyl sites for hydroxylation is 5. The number of carboxylic acid groups (broad SMARTS) is 1. The molecule has 0 bridgehead atoms. The Morgan fingerprint density at radius 2 is 0.657 bits per heavy atom. The van der Waals surface area contributed by atoms with Crippen LogP contribution in [0.3, 0.4) is 0 Å². The van der Waals surface area contributed by atoms with Crippen LogP contribution in [0.15, 0.2) is 146 Å². The van der Waals surface area contributed by atoms with Crippen molar-refractivity contribution < 1.29 is 230 Å². The minimum Gasteiger partial charge on any atom is -0.505 e. The first kappa shape index (κ1) is 119. The molecular formula is C67H72N13O49P7S4. The van der Waals surface area contributed by atoms with Crippen LogP contribution in [-0.2, 0) is 135 Å². The molecule has 0 fully saturated rings. The maximum absolute atomic E-state index is 11.6. The second-order valence-electron chi connectivity index (χ2n) is 27.1. The van der Waals surface area contributed by atoms with Crippen LogP contribution >= 0.6 is 54.1 Å². The molecule has 0 saturated carbocycles. The summed E-state index contributed by atoms with van der Waals surface area (Å²) in [5.74, 6) is -5.47. The Morgan fingerprint density at radius 3 is 0.993 bits per heavy atom. The zero-order valence-electron chi connectivity index (χ0n) is 70.4. The van der Waals surface area contributed by atoms with Crippen molar-refractivity contribution in [2.75, 3.05) is 0 Å². The molecule has 0 radical (unpaired) electrons. The molecule has 0 amide bonds. The molecule has 9 aromatic rings. The monoisotopic (exact) mass is 2190 g/mol. The molecule has 24 N–H and O–H groups in total. The lowest BCUT2D eigenvalue weighted by atomic mass is 10.1. The number of rotatable bonds is 36. The first-order valence-corrected chi connectivity index (χ1v) is 53.4. The Bertz CT molecular complexity index is 7290. The number of aromatic carboxylic acids is 1. The van der Waals surface area contributed by atoms with Crippen LogP contribution in [0.1, 0.15) is 130 Å². The molecule has 0 aliphatic carbocycles. The van der Waals surface area contributed by atoms with Crippen molar-refractivity contribution in [3.63, 3.8) is 0 Å². The second kappa shape index (κ2) is 48.2. The van der Waals surface area contributed by atoms with Crippen LogP contribution in [0.4, 0.5) is 46.0 Å². The van der Waals surface area contributed by atoms with Gasteiger partial charge in [0, 0.05) is 34.0 Å². The first-order valence-electron chi connectivity index (χ1n) is 36.1. The molecule has 4 aromatic carbocycles. The van der Waals surface area contributed by atoms with E-state index in [1.54, 1.807) is 0 Å². The molecule has 62 nitrogen and oxygen atoms in total. The van der Waals surface area contributed by atoms with Gasteiger partial charge < -0.3 is 99.1 Å². The summed E-state index contributed by atoms with van der Waals surface area (Å²) in [5, 5.41) is 87.5. The van der Waals surface area contributed by atoms with Gasteiger partial charge >= 0.3 is 60.0 Å². The number of aldehydes is 5. The highest BCUT2D eigenvalue weighted by molar-refractivity contribution is 7.87. The minimum absolute atomic E-state index is 0.00195. The predicted octanol–water partition coefficient (Wildman–Crippen LogP) is 8.36. The average molecular weight is 2190 g/mol. The summed E-state index contributed by atoms with van der Waals surface area (Å²) in [7, 11) is -53.0. The van der Waals surface area contributed by atoms with Gasteiger partial charge in [-0.15, -0.1) is 40.9 Å². The Labute approximate surface area is 783 Å². The third-order valence-electron chi connectivity index (χ3n) is 16.7. The number of aromatic hydroxyl groups is 5.